The minimum atomic E-state index is -0.0541. The molecule has 7 rings (SSSR count). The lowest BCUT2D eigenvalue weighted by atomic mass is 9.82. The number of nitrogens with zero attached hydrogens (tertiary/aromatic N) is 1. The molecule has 0 radical (unpaired) electrons. The van der Waals surface area contributed by atoms with Crippen molar-refractivity contribution in [2.24, 2.45) is 0 Å². The third kappa shape index (κ3) is 2.53. The second-order valence-electron chi connectivity index (χ2n) is 9.58. The quantitative estimate of drug-likeness (QED) is 0.218. The highest BCUT2D eigenvalue weighted by Gasteiger charge is 2.37. The Morgan fingerprint density at radius 1 is 0.636 bits per heavy atom. The van der Waals surface area contributed by atoms with Gasteiger partial charge in [-0.2, -0.15) is 0 Å². The van der Waals surface area contributed by atoms with E-state index in [0.717, 1.165) is 4.47 Å². The maximum Gasteiger partial charge on any atom is 0.0544 e. The lowest BCUT2D eigenvalue weighted by Crippen LogP contribution is -2.15. The molecule has 0 saturated heterocycles. The van der Waals surface area contributed by atoms with Gasteiger partial charge in [0.25, 0.3) is 0 Å². The number of halogens is 1. The molecule has 0 fully saturated rings. The van der Waals surface area contributed by atoms with E-state index >= 15 is 0 Å². The Morgan fingerprint density at radius 2 is 1.42 bits per heavy atom. The van der Waals surface area contributed by atoms with Crippen molar-refractivity contribution in [3.63, 3.8) is 0 Å². The summed E-state index contributed by atoms with van der Waals surface area (Å²) in [5.41, 5.74) is 9.22. The van der Waals surface area contributed by atoms with Gasteiger partial charge in [0.15, 0.2) is 0 Å². The summed E-state index contributed by atoms with van der Waals surface area (Å²) in [6.45, 7) is 4.73. The normalized spacial score (nSPS) is 14.2. The Morgan fingerprint density at radius 3 is 2.27 bits per heavy atom. The van der Waals surface area contributed by atoms with Gasteiger partial charge in [0.05, 0.1) is 11.0 Å². The van der Waals surface area contributed by atoms with Crippen LogP contribution in [0.15, 0.2) is 102 Å². The average molecular weight is 488 g/mol. The molecule has 1 aliphatic carbocycles. The molecule has 158 valence electrons. The molecule has 0 unspecified atom stereocenters. The zero-order chi connectivity index (χ0) is 22.3. The Hall–Kier alpha value is -3.36. The summed E-state index contributed by atoms with van der Waals surface area (Å²) < 4.78 is 3.50. The van der Waals surface area contributed by atoms with E-state index in [1.165, 1.54) is 60.5 Å². The third-order valence-electron chi connectivity index (χ3n) is 7.42. The standard InChI is InChI=1S/C31H22BrN/c1-31(2)26-15-14-19-8-3-4-11-22(19)30(26)25-17-24-23-12-5-6-13-28(23)33(29(24)18-27(25)31)21-10-7-9-20(32)16-21/h3-18H,1-2H3. The van der Waals surface area contributed by atoms with E-state index in [2.05, 4.69) is 131 Å². The highest BCUT2D eigenvalue weighted by molar-refractivity contribution is 9.10. The van der Waals surface area contributed by atoms with Crippen molar-refractivity contribution in [2.45, 2.75) is 19.3 Å². The van der Waals surface area contributed by atoms with Crippen LogP contribution < -0.4 is 0 Å². The molecule has 0 atom stereocenters. The molecular weight excluding hydrogens is 466 g/mol. The van der Waals surface area contributed by atoms with Gasteiger partial charge in [-0.25, -0.2) is 0 Å². The minimum Gasteiger partial charge on any atom is -0.309 e. The highest BCUT2D eigenvalue weighted by Crippen LogP contribution is 2.53. The maximum absolute atomic E-state index is 3.67. The molecule has 0 aliphatic heterocycles. The van der Waals surface area contributed by atoms with Crippen LogP contribution in [-0.4, -0.2) is 4.57 Å². The Bertz CT molecular complexity index is 1750. The fraction of sp³-hybridized carbons (Fsp3) is 0.0968. The number of hydrogen-bond donors (Lipinski definition) is 0. The molecule has 0 N–H and O–H groups in total. The van der Waals surface area contributed by atoms with Gasteiger partial charge in [-0.05, 0) is 69.4 Å². The number of para-hydroxylation sites is 1. The number of fused-ring (bicyclic) bond motifs is 8. The molecule has 0 spiro atoms. The van der Waals surface area contributed by atoms with Crippen LogP contribution >= 0.6 is 15.9 Å². The number of rotatable bonds is 1. The molecule has 1 aliphatic rings. The van der Waals surface area contributed by atoms with E-state index in [1.807, 2.05) is 0 Å². The van der Waals surface area contributed by atoms with Crippen LogP contribution in [-0.2, 0) is 5.41 Å². The summed E-state index contributed by atoms with van der Waals surface area (Å²) in [7, 11) is 0. The van der Waals surface area contributed by atoms with Crippen molar-refractivity contribution >= 4 is 48.5 Å². The molecule has 33 heavy (non-hydrogen) atoms. The average Bonchev–Trinajstić information content (AvgIpc) is 3.27. The lowest BCUT2D eigenvalue weighted by Gasteiger charge is -2.22. The monoisotopic (exact) mass is 487 g/mol. The van der Waals surface area contributed by atoms with Crippen molar-refractivity contribution in [1.82, 2.24) is 4.57 Å². The van der Waals surface area contributed by atoms with Crippen LogP contribution in [0.1, 0.15) is 25.0 Å². The molecule has 2 heteroatoms. The van der Waals surface area contributed by atoms with Crippen LogP contribution in [0, 0.1) is 0 Å². The zero-order valence-electron chi connectivity index (χ0n) is 18.6. The van der Waals surface area contributed by atoms with E-state index in [-0.39, 0.29) is 5.41 Å². The lowest BCUT2D eigenvalue weighted by molar-refractivity contribution is 0.661. The highest BCUT2D eigenvalue weighted by atomic mass is 79.9. The fourth-order valence-electron chi connectivity index (χ4n) is 5.86. The van der Waals surface area contributed by atoms with Gasteiger partial charge >= 0.3 is 0 Å². The van der Waals surface area contributed by atoms with E-state index in [9.17, 15) is 0 Å². The topological polar surface area (TPSA) is 4.93 Å². The summed E-state index contributed by atoms with van der Waals surface area (Å²) in [6.07, 6.45) is 0. The summed E-state index contributed by atoms with van der Waals surface area (Å²) >= 11 is 3.67. The smallest absolute Gasteiger partial charge is 0.0544 e. The molecule has 0 amide bonds. The molecular formula is C31H22BrN. The fourth-order valence-corrected chi connectivity index (χ4v) is 6.25. The minimum absolute atomic E-state index is 0.0541. The first-order valence-electron chi connectivity index (χ1n) is 11.4. The molecule has 1 heterocycles. The van der Waals surface area contributed by atoms with Crippen molar-refractivity contribution < 1.29 is 0 Å². The van der Waals surface area contributed by atoms with Gasteiger partial charge in [-0.3, -0.25) is 0 Å². The second-order valence-corrected chi connectivity index (χ2v) is 10.5. The van der Waals surface area contributed by atoms with Gasteiger partial charge in [-0.1, -0.05) is 90.4 Å². The van der Waals surface area contributed by atoms with Crippen molar-refractivity contribution in [3.05, 3.63) is 113 Å². The van der Waals surface area contributed by atoms with Gasteiger partial charge < -0.3 is 4.57 Å². The van der Waals surface area contributed by atoms with E-state index in [4.69, 9.17) is 0 Å². The van der Waals surface area contributed by atoms with Crippen LogP contribution in [0.4, 0.5) is 0 Å². The predicted octanol–water partition coefficient (Wildman–Crippen LogP) is 9.01. The maximum atomic E-state index is 3.67. The van der Waals surface area contributed by atoms with Crippen LogP contribution in [0.2, 0.25) is 0 Å². The van der Waals surface area contributed by atoms with E-state index in [1.54, 1.807) is 0 Å². The van der Waals surface area contributed by atoms with E-state index in [0.29, 0.717) is 0 Å². The van der Waals surface area contributed by atoms with Gasteiger partial charge in [0.2, 0.25) is 0 Å². The molecule has 0 bridgehead atoms. The van der Waals surface area contributed by atoms with Crippen molar-refractivity contribution in [1.29, 1.82) is 0 Å². The number of benzene rings is 5. The Balaban J connectivity index is 1.65. The van der Waals surface area contributed by atoms with Gasteiger partial charge in [-0.15, -0.1) is 0 Å². The first-order chi connectivity index (χ1) is 16.0. The number of hydrogen-bond acceptors (Lipinski definition) is 0. The zero-order valence-corrected chi connectivity index (χ0v) is 20.1. The van der Waals surface area contributed by atoms with Crippen LogP contribution in [0.5, 0.6) is 0 Å². The first-order valence-corrected chi connectivity index (χ1v) is 12.2. The van der Waals surface area contributed by atoms with Gasteiger partial charge in [0.1, 0.15) is 0 Å². The third-order valence-corrected chi connectivity index (χ3v) is 7.92. The largest absolute Gasteiger partial charge is 0.309 e. The SMILES string of the molecule is CC1(C)c2cc3c(cc2-c2c1ccc1ccccc21)c1ccccc1n3-c1cccc(Br)c1. The summed E-state index contributed by atoms with van der Waals surface area (Å²) in [6, 6.07) is 35.6. The number of aromatic nitrogens is 1. The summed E-state index contributed by atoms with van der Waals surface area (Å²) in [5, 5.41) is 5.25. The Kier molecular flexibility index (Phi) is 3.82. The summed E-state index contributed by atoms with van der Waals surface area (Å²) in [5.74, 6) is 0. The molecule has 1 nitrogen and oxygen atoms in total. The Labute approximate surface area is 201 Å². The van der Waals surface area contributed by atoms with Gasteiger partial charge in [0, 0.05) is 26.3 Å². The van der Waals surface area contributed by atoms with Crippen LogP contribution in [0.3, 0.4) is 0 Å². The molecule has 1 aromatic heterocycles. The van der Waals surface area contributed by atoms with E-state index < -0.39 is 0 Å². The van der Waals surface area contributed by atoms with Crippen molar-refractivity contribution in [2.75, 3.05) is 0 Å². The molecule has 0 saturated carbocycles. The summed E-state index contributed by atoms with van der Waals surface area (Å²) in [4.78, 5) is 0. The molecule has 6 aromatic rings. The predicted molar refractivity (Wildman–Crippen MR) is 144 cm³/mol. The second kappa shape index (κ2) is 6.59. The molecule has 5 aromatic carbocycles. The van der Waals surface area contributed by atoms with Crippen molar-refractivity contribution in [3.8, 4) is 16.8 Å². The van der Waals surface area contributed by atoms with Crippen LogP contribution in [0.25, 0.3) is 49.4 Å². The first kappa shape index (κ1) is 19.1.